The van der Waals surface area contributed by atoms with E-state index in [1.165, 1.54) is 32.1 Å². The highest BCUT2D eigenvalue weighted by Crippen LogP contribution is 2.40. The van der Waals surface area contributed by atoms with Crippen LogP contribution in [0.15, 0.2) is 0 Å². The molecule has 0 aliphatic heterocycles. The topological polar surface area (TPSA) is 50.7 Å². The Morgan fingerprint density at radius 1 is 1.26 bits per heavy atom. The normalized spacial score (nSPS) is 21.5. The summed E-state index contributed by atoms with van der Waals surface area (Å²) in [4.78, 5) is 0. The molecule has 1 aliphatic rings. The molecule has 0 saturated heterocycles. The Morgan fingerprint density at radius 3 is 2.53 bits per heavy atom. The first kappa shape index (κ1) is 16.9. The third-order valence-electron chi connectivity index (χ3n) is 4.27. The smallest absolute Gasteiger partial charge is 0.0897 e. The third kappa shape index (κ3) is 6.21. The predicted molar refractivity (Wildman–Crippen MR) is 77.4 cm³/mol. The fourth-order valence-corrected chi connectivity index (χ4v) is 2.90. The zero-order chi connectivity index (χ0) is 14.1. The van der Waals surface area contributed by atoms with Gasteiger partial charge >= 0.3 is 0 Å². The number of nitrogens with one attached hydrogen (secondary N) is 1. The van der Waals surface area contributed by atoms with Gasteiger partial charge in [0.1, 0.15) is 0 Å². The Bertz CT molecular complexity index is 229. The molecule has 1 aliphatic carbocycles. The monoisotopic (exact) mass is 273 g/mol. The molecule has 0 heterocycles. The van der Waals surface area contributed by atoms with Crippen LogP contribution in [0, 0.1) is 5.41 Å². The molecule has 2 atom stereocenters. The predicted octanol–water partition coefficient (Wildman–Crippen LogP) is 1.96. The first-order valence-corrected chi connectivity index (χ1v) is 7.61. The van der Waals surface area contributed by atoms with E-state index in [0.717, 1.165) is 6.54 Å². The Morgan fingerprint density at radius 2 is 1.95 bits per heavy atom. The number of rotatable bonds is 10. The molecule has 4 nitrogen and oxygen atoms in total. The van der Waals surface area contributed by atoms with E-state index in [4.69, 9.17) is 9.47 Å². The molecule has 4 heteroatoms. The first-order valence-electron chi connectivity index (χ1n) is 7.61. The molecule has 1 saturated carbocycles. The van der Waals surface area contributed by atoms with E-state index in [0.29, 0.717) is 25.2 Å². The maximum absolute atomic E-state index is 9.87. The molecule has 0 bridgehead atoms. The minimum Gasteiger partial charge on any atom is -0.389 e. The fraction of sp³-hybridized carbons (Fsp3) is 1.00. The van der Waals surface area contributed by atoms with E-state index in [1.807, 2.05) is 6.92 Å². The molecule has 0 spiro atoms. The quantitative estimate of drug-likeness (QED) is 0.639. The number of hydrogen-bond donors (Lipinski definition) is 2. The van der Waals surface area contributed by atoms with Gasteiger partial charge in [0.25, 0.3) is 0 Å². The summed E-state index contributed by atoms with van der Waals surface area (Å²) in [6, 6.07) is 0. The van der Waals surface area contributed by atoms with Crippen LogP contribution in [0.2, 0.25) is 0 Å². The largest absolute Gasteiger partial charge is 0.389 e. The number of methoxy groups -OCH3 is 1. The van der Waals surface area contributed by atoms with E-state index >= 15 is 0 Å². The van der Waals surface area contributed by atoms with Gasteiger partial charge in [-0.3, -0.25) is 0 Å². The lowest BCUT2D eigenvalue weighted by Gasteiger charge is -2.28. The van der Waals surface area contributed by atoms with Gasteiger partial charge in [-0.15, -0.1) is 0 Å². The summed E-state index contributed by atoms with van der Waals surface area (Å²) in [5, 5.41) is 13.3. The lowest BCUT2D eigenvalue weighted by atomic mass is 9.83. The van der Waals surface area contributed by atoms with Gasteiger partial charge in [-0.25, -0.2) is 0 Å². The van der Waals surface area contributed by atoms with Crippen molar-refractivity contribution in [2.24, 2.45) is 5.41 Å². The first-order chi connectivity index (χ1) is 9.12. The van der Waals surface area contributed by atoms with E-state index in [1.54, 1.807) is 7.11 Å². The van der Waals surface area contributed by atoms with E-state index in [2.05, 4.69) is 12.2 Å². The van der Waals surface area contributed by atoms with Gasteiger partial charge in [0.05, 0.1) is 25.4 Å². The lowest BCUT2D eigenvalue weighted by molar-refractivity contribution is -0.0315. The van der Waals surface area contributed by atoms with E-state index in [-0.39, 0.29) is 6.10 Å². The van der Waals surface area contributed by atoms with Crippen molar-refractivity contribution in [3.8, 4) is 0 Å². The van der Waals surface area contributed by atoms with Crippen molar-refractivity contribution in [1.29, 1.82) is 0 Å². The molecule has 0 aromatic heterocycles. The van der Waals surface area contributed by atoms with Crippen molar-refractivity contribution < 1.29 is 14.6 Å². The molecule has 0 aromatic rings. The number of hydrogen-bond acceptors (Lipinski definition) is 4. The van der Waals surface area contributed by atoms with Crippen LogP contribution in [0.1, 0.15) is 46.0 Å². The summed E-state index contributed by atoms with van der Waals surface area (Å²) in [6.45, 7) is 6.80. The summed E-state index contributed by atoms with van der Waals surface area (Å²) < 4.78 is 10.5. The number of aliphatic hydroxyl groups is 1. The molecular weight excluding hydrogens is 242 g/mol. The van der Waals surface area contributed by atoms with Gasteiger partial charge < -0.3 is 19.9 Å². The summed E-state index contributed by atoms with van der Waals surface area (Å²) in [7, 11) is 1.66. The fourth-order valence-electron chi connectivity index (χ4n) is 2.90. The zero-order valence-corrected chi connectivity index (χ0v) is 12.8. The number of aliphatic hydroxyl groups excluding tert-OH is 1. The molecule has 0 amide bonds. The van der Waals surface area contributed by atoms with Crippen molar-refractivity contribution in [2.45, 2.75) is 58.2 Å². The Kier molecular flexibility index (Phi) is 7.91. The second-order valence-corrected chi connectivity index (χ2v) is 5.94. The second-order valence-electron chi connectivity index (χ2n) is 5.94. The Labute approximate surface area is 117 Å². The van der Waals surface area contributed by atoms with Crippen LogP contribution in [0.25, 0.3) is 0 Å². The van der Waals surface area contributed by atoms with Crippen molar-refractivity contribution in [2.75, 3.05) is 33.4 Å². The maximum Gasteiger partial charge on any atom is 0.0897 e. The van der Waals surface area contributed by atoms with Crippen LogP contribution >= 0.6 is 0 Å². The summed E-state index contributed by atoms with van der Waals surface area (Å²) in [5.41, 5.74) is 0.476. The van der Waals surface area contributed by atoms with Gasteiger partial charge in [0, 0.05) is 20.2 Å². The van der Waals surface area contributed by atoms with Gasteiger partial charge in [-0.2, -0.15) is 0 Å². The van der Waals surface area contributed by atoms with Crippen LogP contribution in [0.3, 0.4) is 0 Å². The lowest BCUT2D eigenvalue weighted by Crippen LogP contribution is -2.38. The molecular formula is C15H31NO3. The molecule has 114 valence electrons. The minimum absolute atomic E-state index is 0.0384. The van der Waals surface area contributed by atoms with Crippen LogP contribution in [0.4, 0.5) is 0 Å². The van der Waals surface area contributed by atoms with Gasteiger partial charge in [0.15, 0.2) is 0 Å². The third-order valence-corrected chi connectivity index (χ3v) is 4.27. The van der Waals surface area contributed by atoms with Gasteiger partial charge in [-0.05, 0) is 31.6 Å². The average Bonchev–Trinajstić information content (AvgIpc) is 2.86. The standard InChI is InChI=1S/C15H31NO3/c1-4-15(7-5-6-8-15)12-16-9-14(17)11-19-13(2)10-18-3/h13-14,16-17H,4-12H2,1-3H3. The average molecular weight is 273 g/mol. The molecule has 1 fully saturated rings. The summed E-state index contributed by atoms with van der Waals surface area (Å²) >= 11 is 0. The number of ether oxygens (including phenoxy) is 2. The molecule has 0 radical (unpaired) electrons. The van der Waals surface area contributed by atoms with Crippen molar-refractivity contribution >= 4 is 0 Å². The molecule has 0 aromatic carbocycles. The van der Waals surface area contributed by atoms with Crippen molar-refractivity contribution in [3.63, 3.8) is 0 Å². The highest BCUT2D eigenvalue weighted by atomic mass is 16.5. The second kappa shape index (κ2) is 8.90. The van der Waals surface area contributed by atoms with E-state index < -0.39 is 6.10 Å². The minimum atomic E-state index is -0.436. The van der Waals surface area contributed by atoms with E-state index in [9.17, 15) is 5.11 Å². The van der Waals surface area contributed by atoms with Crippen LogP contribution < -0.4 is 5.32 Å². The van der Waals surface area contributed by atoms with Crippen LogP contribution in [-0.2, 0) is 9.47 Å². The molecule has 1 rings (SSSR count). The molecule has 2 unspecified atom stereocenters. The molecule has 2 N–H and O–H groups in total. The van der Waals surface area contributed by atoms with Gasteiger partial charge in [0.2, 0.25) is 0 Å². The van der Waals surface area contributed by atoms with Gasteiger partial charge in [-0.1, -0.05) is 19.8 Å². The van der Waals surface area contributed by atoms with Crippen molar-refractivity contribution in [3.05, 3.63) is 0 Å². The molecule has 19 heavy (non-hydrogen) atoms. The summed E-state index contributed by atoms with van der Waals surface area (Å²) in [6.07, 6.45) is 6.20. The Balaban J connectivity index is 2.11. The summed E-state index contributed by atoms with van der Waals surface area (Å²) in [5.74, 6) is 0. The zero-order valence-electron chi connectivity index (χ0n) is 12.8. The highest BCUT2D eigenvalue weighted by molar-refractivity contribution is 4.85. The Hall–Kier alpha value is -0.160. The maximum atomic E-state index is 9.87. The highest BCUT2D eigenvalue weighted by Gasteiger charge is 2.31. The van der Waals surface area contributed by atoms with Crippen molar-refractivity contribution in [1.82, 2.24) is 5.32 Å². The van der Waals surface area contributed by atoms with Crippen LogP contribution in [-0.4, -0.2) is 50.7 Å². The van der Waals surface area contributed by atoms with Crippen LogP contribution in [0.5, 0.6) is 0 Å². The SMILES string of the molecule is CCC1(CNCC(O)COC(C)COC)CCCC1.